The summed E-state index contributed by atoms with van der Waals surface area (Å²) in [7, 11) is 0. The minimum absolute atomic E-state index is 0.00104. The number of primary amides is 1. The molecular weight excluding hydrogens is 494 g/mol. The molecule has 1 aromatic carbocycles. The standard InChI is InChI=1S/C23H28ClN5O3S2/c1-23(2)29(9-10-34-23)20(31)13-27-5-7-28(8-6-27)19(30)12-16-14-33-22(26-16)18-11-15(24)3-4-17(18)21(25)32/h3-4,11,14H,5-10,12-13H2,1-2H3,(H2,25,32). The summed E-state index contributed by atoms with van der Waals surface area (Å²) in [5.41, 5.74) is 7.04. The monoisotopic (exact) mass is 521 g/mol. The van der Waals surface area contributed by atoms with E-state index in [2.05, 4.69) is 23.7 Å². The van der Waals surface area contributed by atoms with Crippen LogP contribution in [0.4, 0.5) is 0 Å². The molecule has 2 aliphatic heterocycles. The molecule has 34 heavy (non-hydrogen) atoms. The summed E-state index contributed by atoms with van der Waals surface area (Å²) in [5.74, 6) is 0.575. The molecule has 11 heteroatoms. The van der Waals surface area contributed by atoms with Crippen LogP contribution in [-0.2, 0) is 16.0 Å². The van der Waals surface area contributed by atoms with Gasteiger partial charge >= 0.3 is 0 Å². The first-order valence-electron chi connectivity index (χ1n) is 11.1. The molecule has 2 N–H and O–H groups in total. The Bertz CT molecular complexity index is 1100. The van der Waals surface area contributed by atoms with Crippen molar-refractivity contribution in [1.82, 2.24) is 19.7 Å². The molecule has 2 aliphatic rings. The van der Waals surface area contributed by atoms with Gasteiger partial charge in [0, 0.05) is 60.0 Å². The first-order chi connectivity index (χ1) is 16.1. The normalized spacial score (nSPS) is 18.3. The zero-order valence-corrected chi connectivity index (χ0v) is 21.6. The third-order valence-corrected chi connectivity index (χ3v) is 8.64. The summed E-state index contributed by atoms with van der Waals surface area (Å²) in [6, 6.07) is 4.86. The number of halogens is 1. The zero-order valence-electron chi connectivity index (χ0n) is 19.3. The summed E-state index contributed by atoms with van der Waals surface area (Å²) >= 11 is 9.25. The van der Waals surface area contributed by atoms with Crippen LogP contribution in [-0.4, -0.2) is 87.3 Å². The van der Waals surface area contributed by atoms with Gasteiger partial charge in [0.05, 0.1) is 23.5 Å². The lowest BCUT2D eigenvalue weighted by Gasteiger charge is -2.37. The first kappa shape index (κ1) is 25.0. The number of benzene rings is 1. The summed E-state index contributed by atoms with van der Waals surface area (Å²) in [6.45, 7) is 7.87. The Morgan fingerprint density at radius 1 is 1.12 bits per heavy atom. The molecule has 2 saturated heterocycles. The third-order valence-electron chi connectivity index (χ3n) is 6.17. The average molecular weight is 522 g/mol. The Morgan fingerprint density at radius 2 is 1.85 bits per heavy atom. The molecule has 0 atom stereocenters. The summed E-state index contributed by atoms with van der Waals surface area (Å²) < 4.78 is 0. The summed E-state index contributed by atoms with van der Waals surface area (Å²) in [5, 5.41) is 2.91. The topological polar surface area (TPSA) is 99.8 Å². The van der Waals surface area contributed by atoms with Crippen LogP contribution in [0.25, 0.3) is 10.6 Å². The van der Waals surface area contributed by atoms with Gasteiger partial charge in [0.1, 0.15) is 5.01 Å². The number of hydrogen-bond acceptors (Lipinski definition) is 7. The highest BCUT2D eigenvalue weighted by molar-refractivity contribution is 8.00. The lowest BCUT2D eigenvalue weighted by Crippen LogP contribution is -2.53. The lowest BCUT2D eigenvalue weighted by atomic mass is 10.1. The number of aromatic nitrogens is 1. The van der Waals surface area contributed by atoms with Gasteiger partial charge in [-0.3, -0.25) is 19.3 Å². The van der Waals surface area contributed by atoms with E-state index in [1.54, 1.807) is 30.0 Å². The highest BCUT2D eigenvalue weighted by atomic mass is 35.5. The second-order valence-electron chi connectivity index (χ2n) is 8.87. The maximum absolute atomic E-state index is 12.9. The minimum atomic E-state index is -0.553. The van der Waals surface area contributed by atoms with Gasteiger partial charge in [-0.25, -0.2) is 4.98 Å². The molecule has 1 aromatic heterocycles. The van der Waals surface area contributed by atoms with Gasteiger partial charge < -0.3 is 15.5 Å². The van der Waals surface area contributed by atoms with Crippen LogP contribution >= 0.6 is 34.7 Å². The Kier molecular flexibility index (Phi) is 7.51. The lowest BCUT2D eigenvalue weighted by molar-refractivity contribution is -0.136. The number of rotatable bonds is 6. The van der Waals surface area contributed by atoms with Crippen LogP contribution in [0.1, 0.15) is 29.9 Å². The van der Waals surface area contributed by atoms with Crippen LogP contribution < -0.4 is 5.73 Å². The van der Waals surface area contributed by atoms with E-state index in [1.807, 2.05) is 15.2 Å². The van der Waals surface area contributed by atoms with Gasteiger partial charge in [0.15, 0.2) is 0 Å². The van der Waals surface area contributed by atoms with Gasteiger partial charge in [-0.15, -0.1) is 23.1 Å². The molecular formula is C23H28ClN5O3S2. The number of thiazole rings is 1. The minimum Gasteiger partial charge on any atom is -0.366 e. The number of carbonyl (C=O) groups is 3. The average Bonchev–Trinajstić information content (AvgIpc) is 3.39. The molecule has 8 nitrogen and oxygen atoms in total. The van der Waals surface area contributed by atoms with E-state index in [0.717, 1.165) is 12.3 Å². The number of hydrogen-bond donors (Lipinski definition) is 1. The Hall–Kier alpha value is -2.14. The van der Waals surface area contributed by atoms with Crippen molar-refractivity contribution in [1.29, 1.82) is 0 Å². The van der Waals surface area contributed by atoms with Crippen LogP contribution in [0, 0.1) is 0 Å². The molecule has 0 unspecified atom stereocenters. The first-order valence-corrected chi connectivity index (χ1v) is 13.4. The molecule has 0 bridgehead atoms. The molecule has 3 heterocycles. The predicted molar refractivity (Wildman–Crippen MR) is 136 cm³/mol. The summed E-state index contributed by atoms with van der Waals surface area (Å²) in [6.07, 6.45) is 0.182. The van der Waals surface area contributed by atoms with Crippen molar-refractivity contribution in [2.45, 2.75) is 25.1 Å². The van der Waals surface area contributed by atoms with E-state index >= 15 is 0 Å². The van der Waals surface area contributed by atoms with Crippen molar-refractivity contribution in [3.05, 3.63) is 39.9 Å². The van der Waals surface area contributed by atoms with Crippen LogP contribution in [0.15, 0.2) is 23.6 Å². The smallest absolute Gasteiger partial charge is 0.249 e. The van der Waals surface area contributed by atoms with Crippen molar-refractivity contribution >= 4 is 52.4 Å². The van der Waals surface area contributed by atoms with Gasteiger partial charge in [0.2, 0.25) is 17.7 Å². The highest BCUT2D eigenvalue weighted by Gasteiger charge is 2.37. The van der Waals surface area contributed by atoms with E-state index in [1.165, 1.54) is 11.3 Å². The van der Waals surface area contributed by atoms with Crippen LogP contribution in [0.3, 0.4) is 0 Å². The third kappa shape index (κ3) is 5.56. The van der Waals surface area contributed by atoms with Crippen molar-refractivity contribution in [3.8, 4) is 10.6 Å². The molecule has 3 amide bonds. The molecule has 0 saturated carbocycles. The Morgan fingerprint density at radius 3 is 2.50 bits per heavy atom. The van der Waals surface area contributed by atoms with Gasteiger partial charge in [-0.2, -0.15) is 0 Å². The van der Waals surface area contributed by atoms with Crippen molar-refractivity contribution in [2.24, 2.45) is 5.73 Å². The zero-order chi connectivity index (χ0) is 24.5. The largest absolute Gasteiger partial charge is 0.366 e. The SMILES string of the molecule is CC1(C)SCCN1C(=O)CN1CCN(C(=O)Cc2csc(-c3cc(Cl)ccc3C(N)=O)n2)CC1. The number of carbonyl (C=O) groups excluding carboxylic acids is 3. The second-order valence-corrected chi connectivity index (χ2v) is 11.9. The molecule has 0 radical (unpaired) electrons. The maximum Gasteiger partial charge on any atom is 0.249 e. The van der Waals surface area contributed by atoms with Gasteiger partial charge in [0.25, 0.3) is 0 Å². The molecule has 182 valence electrons. The number of piperazine rings is 1. The number of nitrogens with two attached hydrogens (primary N) is 1. The fourth-order valence-corrected chi connectivity index (χ4v) is 6.42. The van der Waals surface area contributed by atoms with Crippen molar-refractivity contribution < 1.29 is 14.4 Å². The molecule has 2 aromatic rings. The van der Waals surface area contributed by atoms with E-state index < -0.39 is 5.91 Å². The van der Waals surface area contributed by atoms with E-state index in [-0.39, 0.29) is 23.1 Å². The van der Waals surface area contributed by atoms with Crippen molar-refractivity contribution in [3.63, 3.8) is 0 Å². The number of thioether (sulfide) groups is 1. The van der Waals surface area contributed by atoms with Gasteiger partial charge in [-0.1, -0.05) is 11.6 Å². The maximum atomic E-state index is 12.9. The molecule has 0 spiro atoms. The van der Waals surface area contributed by atoms with Crippen molar-refractivity contribution in [2.75, 3.05) is 45.0 Å². The molecule has 2 fully saturated rings. The highest BCUT2D eigenvalue weighted by Crippen LogP contribution is 2.35. The second kappa shape index (κ2) is 10.2. The fraction of sp³-hybridized carbons (Fsp3) is 0.478. The van der Waals surface area contributed by atoms with E-state index in [4.69, 9.17) is 17.3 Å². The Labute approximate surface area is 212 Å². The molecule has 0 aliphatic carbocycles. The summed E-state index contributed by atoms with van der Waals surface area (Å²) in [4.78, 5) is 47.7. The quantitative estimate of drug-likeness (QED) is 0.627. The Balaban J connectivity index is 1.31. The molecule has 4 rings (SSSR count). The van der Waals surface area contributed by atoms with E-state index in [0.29, 0.717) is 59.6 Å². The fourth-order valence-electron chi connectivity index (χ4n) is 4.28. The predicted octanol–water partition coefficient (Wildman–Crippen LogP) is 2.56. The van der Waals surface area contributed by atoms with E-state index in [9.17, 15) is 14.4 Å². The van der Waals surface area contributed by atoms with Crippen LogP contribution in [0.5, 0.6) is 0 Å². The number of nitrogens with zero attached hydrogens (tertiary/aromatic N) is 4. The number of amides is 3. The van der Waals surface area contributed by atoms with Crippen LogP contribution in [0.2, 0.25) is 5.02 Å². The van der Waals surface area contributed by atoms with Gasteiger partial charge in [-0.05, 0) is 32.0 Å².